The number of furan rings is 1. The van der Waals surface area contributed by atoms with Gasteiger partial charge in [0, 0.05) is 17.0 Å². The highest BCUT2D eigenvalue weighted by Gasteiger charge is 2.20. The number of nitrogens with zero attached hydrogens (tertiary/aromatic N) is 1. The van der Waals surface area contributed by atoms with Gasteiger partial charge < -0.3 is 14.5 Å². The average molecular weight is 340 g/mol. The average Bonchev–Trinajstić information content (AvgIpc) is 3.05. The summed E-state index contributed by atoms with van der Waals surface area (Å²) in [5.41, 5.74) is 0.653. The van der Waals surface area contributed by atoms with Gasteiger partial charge in [-0.25, -0.2) is 0 Å². The van der Waals surface area contributed by atoms with Gasteiger partial charge in [-0.15, -0.1) is 0 Å². The Morgan fingerprint density at radius 2 is 2.00 bits per heavy atom. The Balaban J connectivity index is 1.81. The number of rotatable bonds is 5. The van der Waals surface area contributed by atoms with Gasteiger partial charge in [0.15, 0.2) is 5.75 Å². The first kappa shape index (κ1) is 16.5. The van der Waals surface area contributed by atoms with E-state index >= 15 is 0 Å². The van der Waals surface area contributed by atoms with Gasteiger partial charge in [0.25, 0.3) is 5.91 Å². The zero-order chi connectivity index (χ0) is 18.0. The first-order chi connectivity index (χ1) is 12.0. The Kier molecular flexibility index (Phi) is 4.38. The first-order valence-corrected chi connectivity index (χ1v) is 7.61. The third kappa shape index (κ3) is 3.30. The summed E-state index contributed by atoms with van der Waals surface area (Å²) in [7, 11) is 1.34. The van der Waals surface area contributed by atoms with Gasteiger partial charge in [0.1, 0.15) is 11.3 Å². The summed E-state index contributed by atoms with van der Waals surface area (Å²) in [5, 5.41) is 14.8. The van der Waals surface area contributed by atoms with Crippen molar-refractivity contribution >= 4 is 22.6 Å². The topological polar surface area (TPSA) is 94.6 Å². The number of methoxy groups -OCH3 is 1. The molecule has 0 saturated heterocycles. The number of fused-ring (bicyclic) bond motifs is 1. The van der Waals surface area contributed by atoms with Crippen LogP contribution in [-0.2, 0) is 0 Å². The summed E-state index contributed by atoms with van der Waals surface area (Å²) >= 11 is 0. The van der Waals surface area contributed by atoms with Crippen LogP contribution in [0.5, 0.6) is 5.75 Å². The summed E-state index contributed by atoms with van der Waals surface area (Å²) < 4.78 is 10.7. The predicted molar refractivity (Wildman–Crippen MR) is 91.7 cm³/mol. The zero-order valence-electron chi connectivity index (χ0n) is 13.7. The molecule has 1 aromatic heterocycles. The summed E-state index contributed by atoms with van der Waals surface area (Å²) in [6, 6.07) is 13.1. The minimum Gasteiger partial charge on any atom is -0.490 e. The monoisotopic (exact) mass is 340 g/mol. The smallest absolute Gasteiger partial charge is 0.311 e. The van der Waals surface area contributed by atoms with Gasteiger partial charge >= 0.3 is 5.69 Å². The number of carbonyl (C=O) groups excluding carboxylic acids is 1. The van der Waals surface area contributed by atoms with E-state index in [0.717, 1.165) is 11.0 Å². The molecule has 1 unspecified atom stereocenters. The molecule has 7 nitrogen and oxygen atoms in total. The molecule has 2 aromatic carbocycles. The van der Waals surface area contributed by atoms with Gasteiger partial charge in [-0.3, -0.25) is 14.9 Å². The van der Waals surface area contributed by atoms with Crippen LogP contribution in [0.15, 0.2) is 52.9 Å². The van der Waals surface area contributed by atoms with E-state index in [4.69, 9.17) is 9.15 Å². The molecule has 0 fully saturated rings. The number of nitro benzene ring substituents is 1. The number of nitro groups is 1. The van der Waals surface area contributed by atoms with E-state index in [1.54, 1.807) is 6.92 Å². The Morgan fingerprint density at radius 3 is 2.68 bits per heavy atom. The van der Waals surface area contributed by atoms with Crippen LogP contribution in [0.25, 0.3) is 11.0 Å². The molecule has 3 aromatic rings. The third-order valence-corrected chi connectivity index (χ3v) is 3.86. The summed E-state index contributed by atoms with van der Waals surface area (Å²) in [4.78, 5) is 22.9. The lowest BCUT2D eigenvalue weighted by molar-refractivity contribution is -0.385. The zero-order valence-corrected chi connectivity index (χ0v) is 13.7. The first-order valence-electron chi connectivity index (χ1n) is 7.61. The van der Waals surface area contributed by atoms with E-state index in [9.17, 15) is 14.9 Å². The van der Waals surface area contributed by atoms with Gasteiger partial charge in [-0.05, 0) is 31.2 Å². The molecule has 1 amide bonds. The van der Waals surface area contributed by atoms with Crippen LogP contribution in [-0.4, -0.2) is 17.9 Å². The molecule has 3 rings (SSSR count). The minimum atomic E-state index is -0.585. The largest absolute Gasteiger partial charge is 0.490 e. The number of nitrogens with one attached hydrogen (secondary N) is 1. The van der Waals surface area contributed by atoms with Crippen molar-refractivity contribution in [2.24, 2.45) is 0 Å². The summed E-state index contributed by atoms with van der Waals surface area (Å²) in [6.07, 6.45) is 0. The highest BCUT2D eigenvalue weighted by molar-refractivity contribution is 5.95. The molecule has 25 heavy (non-hydrogen) atoms. The molecule has 0 aliphatic rings. The quantitative estimate of drug-likeness (QED) is 0.562. The molecule has 0 aliphatic heterocycles. The van der Waals surface area contributed by atoms with Gasteiger partial charge in [-0.1, -0.05) is 18.2 Å². The third-order valence-electron chi connectivity index (χ3n) is 3.86. The molecule has 0 aliphatic carbocycles. The molecule has 0 bridgehead atoms. The Hall–Kier alpha value is -3.35. The van der Waals surface area contributed by atoms with Crippen LogP contribution in [0.4, 0.5) is 5.69 Å². The van der Waals surface area contributed by atoms with E-state index in [2.05, 4.69) is 5.32 Å². The SMILES string of the molecule is COc1ccc(C(=O)NC(C)c2cc3ccccc3o2)cc1[N+](=O)[O-]. The van der Waals surface area contributed by atoms with Crippen molar-refractivity contribution < 1.29 is 18.9 Å². The van der Waals surface area contributed by atoms with Crippen LogP contribution < -0.4 is 10.1 Å². The lowest BCUT2D eigenvalue weighted by Crippen LogP contribution is -2.26. The van der Waals surface area contributed by atoms with Crippen molar-refractivity contribution in [1.29, 1.82) is 0 Å². The van der Waals surface area contributed by atoms with Crippen LogP contribution in [0.2, 0.25) is 0 Å². The molecular formula is C18H16N2O5. The summed E-state index contributed by atoms with van der Waals surface area (Å²) in [6.45, 7) is 1.79. The standard InChI is InChI=1S/C18H16N2O5/c1-11(17-10-12-5-3-4-6-15(12)25-17)19-18(21)13-7-8-16(24-2)14(9-13)20(22)23/h3-11H,1-2H3,(H,19,21). The maximum Gasteiger partial charge on any atom is 0.311 e. The maximum atomic E-state index is 12.4. The van der Waals surface area contributed by atoms with Crippen molar-refractivity contribution in [3.8, 4) is 5.75 Å². The van der Waals surface area contributed by atoms with E-state index < -0.39 is 10.8 Å². The van der Waals surface area contributed by atoms with E-state index in [0.29, 0.717) is 5.76 Å². The molecule has 0 radical (unpaired) electrons. The fourth-order valence-corrected chi connectivity index (χ4v) is 2.54. The molecule has 1 heterocycles. The van der Waals surface area contributed by atoms with Crippen LogP contribution in [0.1, 0.15) is 29.1 Å². The number of carbonyl (C=O) groups is 1. The fraction of sp³-hybridized carbons (Fsp3) is 0.167. The van der Waals surface area contributed by atoms with Gasteiger partial charge in [-0.2, -0.15) is 0 Å². The maximum absolute atomic E-state index is 12.4. The van der Waals surface area contributed by atoms with Crippen molar-refractivity contribution in [3.63, 3.8) is 0 Å². The Bertz CT molecular complexity index is 915. The van der Waals surface area contributed by atoms with Crippen LogP contribution in [0.3, 0.4) is 0 Å². The van der Waals surface area contributed by atoms with Gasteiger partial charge in [0.05, 0.1) is 18.1 Å². The predicted octanol–water partition coefficient (Wildman–Crippen LogP) is 3.84. The lowest BCUT2D eigenvalue weighted by atomic mass is 10.1. The lowest BCUT2D eigenvalue weighted by Gasteiger charge is -2.11. The van der Waals surface area contributed by atoms with Crippen molar-refractivity contribution in [2.45, 2.75) is 13.0 Å². The molecule has 7 heteroatoms. The summed E-state index contributed by atoms with van der Waals surface area (Å²) in [5.74, 6) is 0.281. The van der Waals surface area contributed by atoms with Crippen molar-refractivity contribution in [3.05, 3.63) is 70.0 Å². The number of ether oxygens (including phenoxy) is 1. The molecule has 0 saturated carbocycles. The minimum absolute atomic E-state index is 0.104. The second-order valence-corrected chi connectivity index (χ2v) is 5.53. The molecule has 1 N–H and O–H groups in total. The fourth-order valence-electron chi connectivity index (χ4n) is 2.54. The second-order valence-electron chi connectivity index (χ2n) is 5.53. The van der Waals surface area contributed by atoms with Crippen molar-refractivity contribution in [2.75, 3.05) is 7.11 Å². The second kappa shape index (κ2) is 6.64. The number of amides is 1. The normalized spacial score (nSPS) is 11.9. The highest BCUT2D eigenvalue weighted by atomic mass is 16.6. The Labute approximate surface area is 143 Å². The van der Waals surface area contributed by atoms with Crippen LogP contribution in [0, 0.1) is 10.1 Å². The highest BCUT2D eigenvalue weighted by Crippen LogP contribution is 2.28. The number of benzene rings is 2. The Morgan fingerprint density at radius 1 is 1.24 bits per heavy atom. The van der Waals surface area contributed by atoms with E-state index in [1.807, 2.05) is 30.3 Å². The molecular weight excluding hydrogens is 324 g/mol. The van der Waals surface area contributed by atoms with Gasteiger partial charge in [0.2, 0.25) is 0 Å². The molecule has 128 valence electrons. The number of para-hydroxylation sites is 1. The van der Waals surface area contributed by atoms with Crippen molar-refractivity contribution in [1.82, 2.24) is 5.32 Å². The van der Waals surface area contributed by atoms with E-state index in [1.165, 1.54) is 25.3 Å². The van der Waals surface area contributed by atoms with Crippen LogP contribution >= 0.6 is 0 Å². The molecule has 1 atom stereocenters. The number of hydrogen-bond donors (Lipinski definition) is 1. The number of hydrogen-bond acceptors (Lipinski definition) is 5. The van der Waals surface area contributed by atoms with E-state index in [-0.39, 0.29) is 23.0 Å². The molecule has 0 spiro atoms.